The molecule has 2 aliphatic rings. The van der Waals surface area contributed by atoms with Gasteiger partial charge in [-0.15, -0.1) is 0 Å². The lowest BCUT2D eigenvalue weighted by Crippen LogP contribution is -2.48. The average Bonchev–Trinajstić information content (AvgIpc) is 3.04. The molecule has 2 aliphatic carbocycles. The third-order valence-corrected chi connectivity index (χ3v) is 4.19. The van der Waals surface area contributed by atoms with Crippen LogP contribution in [0.4, 0.5) is 0 Å². The summed E-state index contributed by atoms with van der Waals surface area (Å²) in [6.45, 7) is 0. The van der Waals surface area contributed by atoms with Crippen molar-refractivity contribution in [2.24, 2.45) is 17.1 Å². The van der Waals surface area contributed by atoms with Crippen LogP contribution in [0.3, 0.4) is 0 Å². The second-order valence-electron chi connectivity index (χ2n) is 5.24. The Balaban J connectivity index is 2.16. The Kier molecular flexibility index (Phi) is 3.01. The number of hydrogen-bond acceptors (Lipinski definition) is 2. The van der Waals surface area contributed by atoms with Crippen molar-refractivity contribution in [2.75, 3.05) is 0 Å². The highest BCUT2D eigenvalue weighted by atomic mass is 16.4. The highest BCUT2D eigenvalue weighted by Crippen LogP contribution is 2.46. The number of carboxylic acid groups (broad SMARTS) is 1. The molecule has 86 valence electrons. The molecule has 1 atom stereocenters. The Morgan fingerprint density at radius 3 is 2.13 bits per heavy atom. The minimum absolute atomic E-state index is 0.104. The van der Waals surface area contributed by atoms with Gasteiger partial charge in [-0.2, -0.15) is 0 Å². The van der Waals surface area contributed by atoms with Gasteiger partial charge in [0.15, 0.2) is 0 Å². The summed E-state index contributed by atoms with van der Waals surface area (Å²) in [5.74, 6) is -0.164. The van der Waals surface area contributed by atoms with E-state index in [0.717, 1.165) is 38.5 Å². The van der Waals surface area contributed by atoms with Gasteiger partial charge >= 0.3 is 5.97 Å². The van der Waals surface area contributed by atoms with Crippen molar-refractivity contribution in [1.82, 2.24) is 0 Å². The minimum Gasteiger partial charge on any atom is -0.481 e. The van der Waals surface area contributed by atoms with Gasteiger partial charge in [0.05, 0.1) is 5.41 Å². The van der Waals surface area contributed by atoms with Gasteiger partial charge in [-0.1, -0.05) is 25.7 Å². The number of aliphatic carboxylic acids is 1. The topological polar surface area (TPSA) is 63.3 Å². The summed E-state index contributed by atoms with van der Waals surface area (Å²) in [6.07, 6.45) is 8.27. The van der Waals surface area contributed by atoms with E-state index < -0.39 is 11.4 Å². The van der Waals surface area contributed by atoms with E-state index in [1.807, 2.05) is 0 Å². The van der Waals surface area contributed by atoms with Gasteiger partial charge in [0.2, 0.25) is 0 Å². The SMILES string of the molecule is NC(C1CC1)C1(C(=O)O)CCCCCC1. The lowest BCUT2D eigenvalue weighted by atomic mass is 9.72. The molecule has 3 nitrogen and oxygen atoms in total. The Morgan fingerprint density at radius 2 is 1.73 bits per heavy atom. The summed E-state index contributed by atoms with van der Waals surface area (Å²) in [4.78, 5) is 11.5. The van der Waals surface area contributed by atoms with Crippen LogP contribution in [-0.2, 0) is 4.79 Å². The fourth-order valence-electron chi connectivity index (χ4n) is 2.96. The molecule has 2 rings (SSSR count). The first kappa shape index (κ1) is 10.9. The maximum absolute atomic E-state index is 11.5. The normalized spacial score (nSPS) is 28.1. The van der Waals surface area contributed by atoms with Crippen LogP contribution in [0, 0.1) is 11.3 Å². The van der Waals surface area contributed by atoms with Crippen LogP contribution in [0.25, 0.3) is 0 Å². The largest absolute Gasteiger partial charge is 0.481 e. The lowest BCUT2D eigenvalue weighted by molar-refractivity contribution is -0.151. The molecule has 0 heterocycles. The molecule has 0 aromatic carbocycles. The van der Waals surface area contributed by atoms with E-state index >= 15 is 0 Å². The van der Waals surface area contributed by atoms with E-state index in [0.29, 0.717) is 5.92 Å². The quantitative estimate of drug-likeness (QED) is 0.703. The van der Waals surface area contributed by atoms with Gasteiger partial charge in [-0.05, 0) is 31.6 Å². The highest BCUT2D eigenvalue weighted by molar-refractivity contribution is 5.75. The lowest BCUT2D eigenvalue weighted by Gasteiger charge is -2.34. The Labute approximate surface area is 91.0 Å². The second-order valence-corrected chi connectivity index (χ2v) is 5.24. The summed E-state index contributed by atoms with van der Waals surface area (Å²) < 4.78 is 0. The molecule has 1 unspecified atom stereocenters. The fraction of sp³-hybridized carbons (Fsp3) is 0.917. The van der Waals surface area contributed by atoms with Gasteiger partial charge in [0, 0.05) is 6.04 Å². The number of carbonyl (C=O) groups is 1. The molecule has 0 amide bonds. The first-order chi connectivity index (χ1) is 7.17. The maximum atomic E-state index is 11.5. The van der Waals surface area contributed by atoms with Crippen LogP contribution in [0.2, 0.25) is 0 Å². The van der Waals surface area contributed by atoms with Crippen molar-refractivity contribution in [2.45, 2.75) is 57.4 Å². The van der Waals surface area contributed by atoms with E-state index in [2.05, 4.69) is 0 Å². The van der Waals surface area contributed by atoms with Crippen molar-refractivity contribution in [3.05, 3.63) is 0 Å². The number of carboxylic acids is 1. The van der Waals surface area contributed by atoms with Crippen LogP contribution in [0.1, 0.15) is 51.4 Å². The third kappa shape index (κ3) is 2.03. The molecule has 0 spiro atoms. The van der Waals surface area contributed by atoms with Crippen molar-refractivity contribution < 1.29 is 9.90 Å². The number of rotatable bonds is 3. The van der Waals surface area contributed by atoms with Crippen molar-refractivity contribution in [1.29, 1.82) is 0 Å². The van der Waals surface area contributed by atoms with Gasteiger partial charge in [0.1, 0.15) is 0 Å². The summed E-state index contributed by atoms with van der Waals surface area (Å²) >= 11 is 0. The molecule has 3 N–H and O–H groups in total. The standard InChI is InChI=1S/C12H21NO2/c13-10(9-5-6-9)12(11(14)15)7-3-1-2-4-8-12/h9-10H,1-8,13H2,(H,14,15). The van der Waals surface area contributed by atoms with E-state index in [-0.39, 0.29) is 6.04 Å². The predicted molar refractivity (Wildman–Crippen MR) is 58.5 cm³/mol. The molecule has 0 bridgehead atoms. The highest BCUT2D eigenvalue weighted by Gasteiger charge is 2.49. The smallest absolute Gasteiger partial charge is 0.311 e. The molecular weight excluding hydrogens is 190 g/mol. The molecule has 0 aromatic rings. The summed E-state index contributed by atoms with van der Waals surface area (Å²) in [7, 11) is 0. The fourth-order valence-corrected chi connectivity index (χ4v) is 2.96. The molecule has 0 aliphatic heterocycles. The number of nitrogens with two attached hydrogens (primary N) is 1. The van der Waals surface area contributed by atoms with Crippen LogP contribution >= 0.6 is 0 Å². The van der Waals surface area contributed by atoms with Gasteiger partial charge in [-0.25, -0.2) is 0 Å². The molecule has 15 heavy (non-hydrogen) atoms. The monoisotopic (exact) mass is 211 g/mol. The zero-order valence-corrected chi connectivity index (χ0v) is 9.24. The minimum atomic E-state index is -0.649. The van der Waals surface area contributed by atoms with Crippen molar-refractivity contribution in [3.63, 3.8) is 0 Å². The molecule has 0 aromatic heterocycles. The maximum Gasteiger partial charge on any atom is 0.311 e. The first-order valence-corrected chi connectivity index (χ1v) is 6.16. The predicted octanol–water partition coefficient (Wildman–Crippen LogP) is 2.15. The average molecular weight is 211 g/mol. The Morgan fingerprint density at radius 1 is 1.20 bits per heavy atom. The van der Waals surface area contributed by atoms with E-state index in [1.165, 1.54) is 12.8 Å². The summed E-state index contributed by atoms with van der Waals surface area (Å²) in [5, 5.41) is 9.48. The zero-order chi connectivity index (χ0) is 10.9. The summed E-state index contributed by atoms with van der Waals surface area (Å²) in [5.41, 5.74) is 5.58. The third-order valence-electron chi connectivity index (χ3n) is 4.19. The van der Waals surface area contributed by atoms with E-state index in [4.69, 9.17) is 5.73 Å². The van der Waals surface area contributed by atoms with Crippen LogP contribution in [0.5, 0.6) is 0 Å². The molecule has 2 saturated carbocycles. The van der Waals surface area contributed by atoms with E-state index in [9.17, 15) is 9.90 Å². The second kappa shape index (κ2) is 4.12. The van der Waals surface area contributed by atoms with Gasteiger partial charge < -0.3 is 10.8 Å². The molecule has 0 saturated heterocycles. The Hall–Kier alpha value is -0.570. The molecule has 2 fully saturated rings. The first-order valence-electron chi connectivity index (χ1n) is 6.16. The van der Waals surface area contributed by atoms with Gasteiger partial charge in [-0.3, -0.25) is 4.79 Å². The van der Waals surface area contributed by atoms with Crippen LogP contribution in [0.15, 0.2) is 0 Å². The zero-order valence-electron chi connectivity index (χ0n) is 9.24. The summed E-state index contributed by atoms with van der Waals surface area (Å²) in [6, 6.07) is -0.104. The molecular formula is C12H21NO2. The van der Waals surface area contributed by atoms with Gasteiger partial charge in [0.25, 0.3) is 0 Å². The number of hydrogen-bond donors (Lipinski definition) is 2. The van der Waals surface area contributed by atoms with Crippen molar-refractivity contribution in [3.8, 4) is 0 Å². The van der Waals surface area contributed by atoms with Crippen LogP contribution in [-0.4, -0.2) is 17.1 Å². The van der Waals surface area contributed by atoms with Crippen LogP contribution < -0.4 is 5.73 Å². The molecule has 3 heteroatoms. The Bertz CT molecular complexity index is 240. The van der Waals surface area contributed by atoms with Crippen molar-refractivity contribution >= 4 is 5.97 Å². The molecule has 0 radical (unpaired) electrons. The van der Waals surface area contributed by atoms with E-state index in [1.54, 1.807) is 0 Å².